The van der Waals surface area contributed by atoms with Crippen LogP contribution in [0.2, 0.25) is 0 Å². The summed E-state index contributed by atoms with van der Waals surface area (Å²) in [6, 6.07) is 9.98. The number of benzene rings is 1. The highest BCUT2D eigenvalue weighted by molar-refractivity contribution is 5.73. The van der Waals surface area contributed by atoms with Crippen molar-refractivity contribution in [2.45, 2.75) is 19.4 Å². The summed E-state index contributed by atoms with van der Waals surface area (Å²) in [5.74, 6) is 0.944. The third-order valence-electron chi connectivity index (χ3n) is 3.25. The van der Waals surface area contributed by atoms with E-state index in [4.69, 9.17) is 5.11 Å². The average molecular weight is 302 g/mol. The molecule has 0 unspecified atom stereocenters. The van der Waals surface area contributed by atoms with Gasteiger partial charge in [-0.1, -0.05) is 30.3 Å². The quantitative estimate of drug-likeness (QED) is 0.640. The average Bonchev–Trinajstić information content (AvgIpc) is 2.96. The number of aromatic nitrogens is 2. The van der Waals surface area contributed by atoms with Gasteiger partial charge in [-0.15, -0.1) is 0 Å². The van der Waals surface area contributed by atoms with Gasteiger partial charge in [-0.2, -0.15) is 0 Å². The molecule has 0 spiro atoms. The van der Waals surface area contributed by atoms with Crippen LogP contribution in [0.4, 0.5) is 4.79 Å². The number of amides is 2. The molecular formula is C16H22N4O2. The Morgan fingerprint density at radius 2 is 1.95 bits per heavy atom. The fourth-order valence-corrected chi connectivity index (χ4v) is 2.12. The first-order valence-electron chi connectivity index (χ1n) is 7.46. The Hall–Kier alpha value is -2.34. The summed E-state index contributed by atoms with van der Waals surface area (Å²) in [5.41, 5.74) is 1.22. The fraction of sp³-hybridized carbons (Fsp3) is 0.375. The van der Waals surface area contributed by atoms with Gasteiger partial charge in [0.1, 0.15) is 5.82 Å². The molecule has 0 bridgehead atoms. The Morgan fingerprint density at radius 3 is 2.73 bits per heavy atom. The molecule has 0 aliphatic heterocycles. The second-order valence-corrected chi connectivity index (χ2v) is 4.97. The summed E-state index contributed by atoms with van der Waals surface area (Å²) < 4.78 is 2.08. The topological polar surface area (TPSA) is 79.2 Å². The van der Waals surface area contributed by atoms with Gasteiger partial charge in [0.2, 0.25) is 0 Å². The Kier molecular flexibility index (Phi) is 6.44. The van der Waals surface area contributed by atoms with Gasteiger partial charge < -0.3 is 20.3 Å². The molecule has 3 N–H and O–H groups in total. The van der Waals surface area contributed by atoms with E-state index in [2.05, 4.69) is 32.3 Å². The van der Waals surface area contributed by atoms with Crippen LogP contribution < -0.4 is 10.6 Å². The molecule has 118 valence electrons. The zero-order chi connectivity index (χ0) is 15.6. The van der Waals surface area contributed by atoms with Crippen molar-refractivity contribution in [3.63, 3.8) is 0 Å². The number of carbonyl (C=O) groups excluding carboxylic acids is 1. The van der Waals surface area contributed by atoms with Crippen LogP contribution in [0.3, 0.4) is 0 Å². The molecule has 0 atom stereocenters. The van der Waals surface area contributed by atoms with Crippen molar-refractivity contribution in [2.75, 3.05) is 19.7 Å². The summed E-state index contributed by atoms with van der Waals surface area (Å²) in [7, 11) is 0. The standard InChI is InChI=1S/C16H22N4O2/c21-12-4-8-18-16(22)19-9-7-15-17-10-11-20(15)13-14-5-2-1-3-6-14/h1-3,5-6,10-11,21H,4,7-9,12-13H2,(H2,18,19,22). The van der Waals surface area contributed by atoms with Gasteiger partial charge in [0.05, 0.1) is 0 Å². The predicted octanol–water partition coefficient (Wildman–Crippen LogP) is 1.16. The van der Waals surface area contributed by atoms with Crippen LogP contribution >= 0.6 is 0 Å². The minimum Gasteiger partial charge on any atom is -0.396 e. The molecule has 2 amide bonds. The normalized spacial score (nSPS) is 10.4. The van der Waals surface area contributed by atoms with E-state index in [1.165, 1.54) is 5.56 Å². The third kappa shape index (κ3) is 5.21. The zero-order valence-electron chi connectivity index (χ0n) is 12.5. The SMILES string of the molecule is O=C(NCCCO)NCCc1nccn1Cc1ccccc1. The van der Waals surface area contributed by atoms with Crippen molar-refractivity contribution < 1.29 is 9.90 Å². The predicted molar refractivity (Wildman–Crippen MR) is 84.6 cm³/mol. The maximum absolute atomic E-state index is 11.5. The first-order valence-corrected chi connectivity index (χ1v) is 7.46. The Labute approximate surface area is 130 Å². The largest absolute Gasteiger partial charge is 0.396 e. The molecule has 6 nitrogen and oxygen atoms in total. The van der Waals surface area contributed by atoms with E-state index in [0.717, 1.165) is 12.4 Å². The number of aliphatic hydroxyl groups is 1. The molecule has 0 aliphatic rings. The summed E-state index contributed by atoms with van der Waals surface area (Å²) in [4.78, 5) is 15.8. The fourth-order valence-electron chi connectivity index (χ4n) is 2.12. The number of rotatable bonds is 8. The smallest absolute Gasteiger partial charge is 0.314 e. The zero-order valence-corrected chi connectivity index (χ0v) is 12.5. The van der Waals surface area contributed by atoms with Crippen LogP contribution in [0.15, 0.2) is 42.7 Å². The number of carbonyl (C=O) groups is 1. The lowest BCUT2D eigenvalue weighted by atomic mass is 10.2. The van der Waals surface area contributed by atoms with Gasteiger partial charge >= 0.3 is 6.03 Å². The molecule has 0 saturated carbocycles. The first-order chi connectivity index (χ1) is 10.8. The van der Waals surface area contributed by atoms with Gasteiger partial charge in [-0.25, -0.2) is 9.78 Å². The van der Waals surface area contributed by atoms with Crippen molar-refractivity contribution in [1.82, 2.24) is 20.2 Å². The molecule has 2 aromatic rings. The summed E-state index contributed by atoms with van der Waals surface area (Å²) in [6.45, 7) is 1.86. The Morgan fingerprint density at radius 1 is 1.18 bits per heavy atom. The molecular weight excluding hydrogens is 280 g/mol. The van der Waals surface area contributed by atoms with E-state index in [1.54, 1.807) is 6.20 Å². The van der Waals surface area contributed by atoms with E-state index >= 15 is 0 Å². The summed E-state index contributed by atoms with van der Waals surface area (Å²) in [5, 5.41) is 14.1. The highest BCUT2D eigenvalue weighted by Crippen LogP contribution is 2.05. The van der Waals surface area contributed by atoms with Crippen LogP contribution in [0, 0.1) is 0 Å². The number of imidazole rings is 1. The lowest BCUT2D eigenvalue weighted by Gasteiger charge is -2.09. The van der Waals surface area contributed by atoms with E-state index in [-0.39, 0.29) is 12.6 Å². The minimum atomic E-state index is -0.213. The maximum Gasteiger partial charge on any atom is 0.314 e. The molecule has 0 radical (unpaired) electrons. The monoisotopic (exact) mass is 302 g/mol. The van der Waals surface area contributed by atoms with Gasteiger partial charge in [0, 0.05) is 45.1 Å². The maximum atomic E-state index is 11.5. The Balaban J connectivity index is 1.77. The van der Waals surface area contributed by atoms with Crippen molar-refractivity contribution in [3.05, 3.63) is 54.1 Å². The van der Waals surface area contributed by atoms with Crippen LogP contribution in [0.5, 0.6) is 0 Å². The van der Waals surface area contributed by atoms with Crippen LogP contribution in [-0.4, -0.2) is 40.4 Å². The third-order valence-corrected chi connectivity index (χ3v) is 3.25. The van der Waals surface area contributed by atoms with E-state index < -0.39 is 0 Å². The molecule has 0 aliphatic carbocycles. The number of hydrogen-bond donors (Lipinski definition) is 3. The Bertz CT molecular complexity index is 569. The first kappa shape index (κ1) is 16.0. The molecule has 1 heterocycles. The minimum absolute atomic E-state index is 0.0806. The number of aliphatic hydroxyl groups excluding tert-OH is 1. The second-order valence-electron chi connectivity index (χ2n) is 4.97. The van der Waals surface area contributed by atoms with Gasteiger partial charge in [0.25, 0.3) is 0 Å². The number of hydrogen-bond acceptors (Lipinski definition) is 3. The number of urea groups is 1. The molecule has 22 heavy (non-hydrogen) atoms. The van der Waals surface area contributed by atoms with Crippen molar-refractivity contribution in [1.29, 1.82) is 0 Å². The summed E-state index contributed by atoms with van der Waals surface area (Å²) >= 11 is 0. The van der Waals surface area contributed by atoms with Crippen molar-refractivity contribution in [2.24, 2.45) is 0 Å². The van der Waals surface area contributed by atoms with Crippen LogP contribution in [0.1, 0.15) is 17.8 Å². The van der Waals surface area contributed by atoms with E-state index in [1.807, 2.05) is 24.4 Å². The second kappa shape index (κ2) is 8.84. The molecule has 1 aromatic heterocycles. The molecule has 0 saturated heterocycles. The molecule has 6 heteroatoms. The van der Waals surface area contributed by atoms with Crippen molar-refractivity contribution >= 4 is 6.03 Å². The number of nitrogens with one attached hydrogen (secondary N) is 2. The van der Waals surface area contributed by atoms with Gasteiger partial charge in [-0.05, 0) is 12.0 Å². The van der Waals surface area contributed by atoms with E-state index in [0.29, 0.717) is 25.9 Å². The molecule has 0 fully saturated rings. The van der Waals surface area contributed by atoms with Crippen molar-refractivity contribution in [3.8, 4) is 0 Å². The molecule has 2 rings (SSSR count). The molecule has 1 aromatic carbocycles. The van der Waals surface area contributed by atoms with Gasteiger partial charge in [0.15, 0.2) is 0 Å². The highest BCUT2D eigenvalue weighted by atomic mass is 16.3. The highest BCUT2D eigenvalue weighted by Gasteiger charge is 2.05. The lowest BCUT2D eigenvalue weighted by molar-refractivity contribution is 0.238. The van der Waals surface area contributed by atoms with Gasteiger partial charge in [-0.3, -0.25) is 0 Å². The van der Waals surface area contributed by atoms with Crippen LogP contribution in [0.25, 0.3) is 0 Å². The van der Waals surface area contributed by atoms with E-state index in [9.17, 15) is 4.79 Å². The summed E-state index contributed by atoms with van der Waals surface area (Å²) in [6.07, 6.45) is 4.96. The lowest BCUT2D eigenvalue weighted by Crippen LogP contribution is -2.37. The number of nitrogens with zero attached hydrogens (tertiary/aromatic N) is 2. The van der Waals surface area contributed by atoms with Crippen LogP contribution in [-0.2, 0) is 13.0 Å².